The number of H-pyrrole nitrogens is 1. The fraction of sp³-hybridized carbons (Fsp3) is 0.300. The molecule has 2 heterocycles. The molecule has 1 saturated heterocycles. The SMILES string of the molecule is NS(=O)(=O)CC1CCCN(C(=O)c2cc(F)cc3c(=O)c4cccc(F)c4[nH]c23)C1. The number of rotatable bonds is 3. The summed E-state index contributed by atoms with van der Waals surface area (Å²) in [6.07, 6.45) is 1.16. The molecule has 0 bridgehead atoms. The van der Waals surface area contributed by atoms with Crippen LogP contribution in [0.15, 0.2) is 35.1 Å². The van der Waals surface area contributed by atoms with Crippen molar-refractivity contribution < 1.29 is 22.0 Å². The van der Waals surface area contributed by atoms with E-state index in [1.54, 1.807) is 0 Å². The second kappa shape index (κ2) is 7.44. The molecule has 3 aromatic rings. The number of halogens is 2. The summed E-state index contributed by atoms with van der Waals surface area (Å²) < 4.78 is 51.4. The van der Waals surface area contributed by atoms with Crippen LogP contribution in [0.3, 0.4) is 0 Å². The fourth-order valence-corrected chi connectivity index (χ4v) is 5.01. The van der Waals surface area contributed by atoms with Crippen LogP contribution in [-0.2, 0) is 10.0 Å². The van der Waals surface area contributed by atoms with Crippen LogP contribution in [0.2, 0.25) is 0 Å². The number of amides is 1. The van der Waals surface area contributed by atoms with E-state index < -0.39 is 33.0 Å². The van der Waals surface area contributed by atoms with Crippen LogP contribution in [0.5, 0.6) is 0 Å². The first kappa shape index (κ1) is 20.4. The molecule has 10 heteroatoms. The highest BCUT2D eigenvalue weighted by Gasteiger charge is 2.28. The predicted molar refractivity (Wildman–Crippen MR) is 109 cm³/mol. The Morgan fingerprint density at radius 2 is 1.97 bits per heavy atom. The third kappa shape index (κ3) is 3.80. The molecule has 1 fully saturated rings. The van der Waals surface area contributed by atoms with Gasteiger partial charge in [-0.25, -0.2) is 22.3 Å². The van der Waals surface area contributed by atoms with Crippen molar-refractivity contribution in [2.75, 3.05) is 18.8 Å². The Morgan fingerprint density at radius 3 is 2.70 bits per heavy atom. The Kier molecular flexibility index (Phi) is 5.07. The second-order valence-corrected chi connectivity index (χ2v) is 9.24. The maximum absolute atomic E-state index is 14.3. The lowest BCUT2D eigenvalue weighted by Gasteiger charge is -2.32. The van der Waals surface area contributed by atoms with Gasteiger partial charge in [0, 0.05) is 23.9 Å². The number of primary sulfonamides is 1. The number of hydrogen-bond acceptors (Lipinski definition) is 4. The molecular formula is C20H19F2N3O4S. The molecule has 4 rings (SSSR count). The van der Waals surface area contributed by atoms with Gasteiger partial charge in [0.15, 0.2) is 5.43 Å². The Labute approximate surface area is 170 Å². The van der Waals surface area contributed by atoms with Crippen LogP contribution in [0.25, 0.3) is 21.8 Å². The molecular weight excluding hydrogens is 416 g/mol. The quantitative estimate of drug-likeness (QED) is 0.614. The van der Waals surface area contributed by atoms with E-state index in [0.29, 0.717) is 19.4 Å². The Hall–Kier alpha value is -2.85. The van der Waals surface area contributed by atoms with Gasteiger partial charge in [0.05, 0.1) is 22.3 Å². The highest BCUT2D eigenvalue weighted by molar-refractivity contribution is 7.89. The van der Waals surface area contributed by atoms with Crippen LogP contribution in [-0.4, -0.2) is 43.1 Å². The standard InChI is InChI=1S/C20H19F2N3O4S/c21-12-7-14-17(24-18-13(19(14)26)4-1-5-16(18)22)15(8-12)20(27)25-6-2-3-11(9-25)10-30(23,28)29/h1,4-5,7-8,11H,2-3,6,9-10H2,(H,24,26)(H2,23,28,29). The van der Waals surface area contributed by atoms with E-state index in [1.807, 2.05) is 0 Å². The number of nitrogens with two attached hydrogens (primary N) is 1. The third-order valence-electron chi connectivity index (χ3n) is 5.36. The Morgan fingerprint density at radius 1 is 1.20 bits per heavy atom. The van der Waals surface area contributed by atoms with E-state index in [0.717, 1.165) is 12.1 Å². The van der Waals surface area contributed by atoms with Crippen molar-refractivity contribution in [2.45, 2.75) is 12.8 Å². The lowest BCUT2D eigenvalue weighted by molar-refractivity contribution is 0.0685. The summed E-state index contributed by atoms with van der Waals surface area (Å²) in [5.74, 6) is -2.60. The van der Waals surface area contributed by atoms with E-state index in [9.17, 15) is 26.8 Å². The van der Waals surface area contributed by atoms with Crippen molar-refractivity contribution in [2.24, 2.45) is 11.1 Å². The van der Waals surface area contributed by atoms with Crippen molar-refractivity contribution >= 4 is 37.7 Å². The minimum absolute atomic E-state index is 0.0394. The number of aromatic amines is 1. The maximum Gasteiger partial charge on any atom is 0.256 e. The summed E-state index contributed by atoms with van der Waals surface area (Å²) >= 11 is 0. The van der Waals surface area contributed by atoms with Gasteiger partial charge in [0.2, 0.25) is 10.0 Å². The molecule has 0 saturated carbocycles. The monoisotopic (exact) mass is 435 g/mol. The molecule has 0 radical (unpaired) electrons. The van der Waals surface area contributed by atoms with Crippen molar-refractivity contribution in [3.8, 4) is 0 Å². The molecule has 3 N–H and O–H groups in total. The number of hydrogen-bond donors (Lipinski definition) is 2. The Balaban J connectivity index is 1.82. The van der Waals surface area contributed by atoms with Gasteiger partial charge in [0.25, 0.3) is 5.91 Å². The average molecular weight is 435 g/mol. The fourth-order valence-electron chi connectivity index (χ4n) is 4.08. The molecule has 1 atom stereocenters. The van der Waals surface area contributed by atoms with E-state index in [-0.39, 0.29) is 45.6 Å². The van der Waals surface area contributed by atoms with E-state index in [2.05, 4.69) is 4.98 Å². The highest BCUT2D eigenvalue weighted by atomic mass is 32.2. The van der Waals surface area contributed by atoms with Crippen LogP contribution in [0.1, 0.15) is 23.2 Å². The number of likely N-dealkylation sites (tertiary alicyclic amines) is 1. The average Bonchev–Trinajstić information content (AvgIpc) is 2.67. The molecule has 30 heavy (non-hydrogen) atoms. The largest absolute Gasteiger partial charge is 0.351 e. The second-order valence-electron chi connectivity index (χ2n) is 7.58. The third-order valence-corrected chi connectivity index (χ3v) is 6.30. The number of para-hydroxylation sites is 1. The van der Waals surface area contributed by atoms with Gasteiger partial charge >= 0.3 is 0 Å². The van der Waals surface area contributed by atoms with Crippen molar-refractivity contribution in [1.82, 2.24) is 9.88 Å². The number of carbonyl (C=O) groups is 1. The number of nitrogens with zero attached hydrogens (tertiary/aromatic N) is 1. The predicted octanol–water partition coefficient (Wildman–Crippen LogP) is 2.10. The van der Waals surface area contributed by atoms with Crippen LogP contribution in [0.4, 0.5) is 8.78 Å². The first-order chi connectivity index (χ1) is 14.1. The normalized spacial score (nSPS) is 17.6. The smallest absolute Gasteiger partial charge is 0.256 e. The number of carbonyl (C=O) groups excluding carboxylic acids is 1. The van der Waals surface area contributed by atoms with Crippen molar-refractivity contribution in [3.05, 3.63) is 57.8 Å². The number of nitrogens with one attached hydrogen (secondary N) is 1. The van der Waals surface area contributed by atoms with Gasteiger partial charge < -0.3 is 9.88 Å². The summed E-state index contributed by atoms with van der Waals surface area (Å²) in [4.78, 5) is 30.2. The zero-order valence-electron chi connectivity index (χ0n) is 15.8. The van der Waals surface area contributed by atoms with Crippen LogP contribution in [0, 0.1) is 17.6 Å². The zero-order valence-corrected chi connectivity index (χ0v) is 16.6. The summed E-state index contributed by atoms with van der Waals surface area (Å²) in [5.41, 5.74) is -0.722. The van der Waals surface area contributed by atoms with Gasteiger partial charge in [0.1, 0.15) is 11.6 Å². The molecule has 7 nitrogen and oxygen atoms in total. The number of pyridine rings is 1. The number of piperidine rings is 1. The molecule has 1 aliphatic heterocycles. The topological polar surface area (TPSA) is 113 Å². The lowest BCUT2D eigenvalue weighted by atomic mass is 9.98. The van der Waals surface area contributed by atoms with Crippen molar-refractivity contribution in [3.63, 3.8) is 0 Å². The summed E-state index contributed by atoms with van der Waals surface area (Å²) in [6.45, 7) is 0.490. The molecule has 1 amide bonds. The van der Waals surface area contributed by atoms with E-state index in [4.69, 9.17) is 5.14 Å². The van der Waals surface area contributed by atoms with Gasteiger partial charge in [-0.15, -0.1) is 0 Å². The summed E-state index contributed by atoms with van der Waals surface area (Å²) in [7, 11) is -3.70. The number of aromatic nitrogens is 1. The Bertz CT molecular complexity index is 1340. The van der Waals surface area contributed by atoms with Gasteiger partial charge in [-0.3, -0.25) is 9.59 Å². The molecule has 1 unspecified atom stereocenters. The molecule has 158 valence electrons. The van der Waals surface area contributed by atoms with Crippen LogP contribution >= 0.6 is 0 Å². The van der Waals surface area contributed by atoms with E-state index in [1.165, 1.54) is 23.1 Å². The first-order valence-electron chi connectivity index (χ1n) is 9.37. The van der Waals surface area contributed by atoms with E-state index >= 15 is 0 Å². The lowest BCUT2D eigenvalue weighted by Crippen LogP contribution is -2.42. The zero-order chi connectivity index (χ0) is 21.6. The first-order valence-corrected chi connectivity index (χ1v) is 11.1. The minimum Gasteiger partial charge on any atom is -0.351 e. The molecule has 2 aromatic carbocycles. The summed E-state index contributed by atoms with van der Waals surface area (Å²) in [5, 5.41) is 5.11. The molecule has 1 aliphatic rings. The van der Waals surface area contributed by atoms with Crippen molar-refractivity contribution in [1.29, 1.82) is 0 Å². The van der Waals surface area contributed by atoms with Crippen LogP contribution < -0.4 is 10.6 Å². The van der Waals surface area contributed by atoms with Gasteiger partial charge in [-0.05, 0) is 43.0 Å². The summed E-state index contributed by atoms with van der Waals surface area (Å²) in [6, 6.07) is 5.98. The molecule has 0 aliphatic carbocycles. The van der Waals surface area contributed by atoms with Gasteiger partial charge in [-0.1, -0.05) is 6.07 Å². The number of benzene rings is 2. The minimum atomic E-state index is -3.70. The maximum atomic E-state index is 14.3. The number of sulfonamides is 1. The number of fused-ring (bicyclic) bond motifs is 2. The van der Waals surface area contributed by atoms with Gasteiger partial charge in [-0.2, -0.15) is 0 Å². The highest BCUT2D eigenvalue weighted by Crippen LogP contribution is 2.25. The molecule has 0 spiro atoms. The molecule has 1 aromatic heterocycles.